The molecule has 0 aromatic heterocycles. The molecule has 0 atom stereocenters. The first-order valence-corrected chi connectivity index (χ1v) is 9.87. The zero-order chi connectivity index (χ0) is 26.3. The van der Waals surface area contributed by atoms with Crippen LogP contribution in [-0.4, -0.2) is 167 Å². The summed E-state index contributed by atoms with van der Waals surface area (Å²) in [6.07, 6.45) is 0. The molecule has 0 bridgehead atoms. The zero-order valence-corrected chi connectivity index (χ0v) is 34.7. The fourth-order valence-electron chi connectivity index (χ4n) is 2.91. The van der Waals surface area contributed by atoms with Crippen LogP contribution in [0.4, 0.5) is 0 Å². The predicted octanol–water partition coefficient (Wildman–Crippen LogP) is -25.5. The van der Waals surface area contributed by atoms with Gasteiger partial charge < -0.3 is 103 Å². The van der Waals surface area contributed by atoms with Crippen molar-refractivity contribution in [1.29, 1.82) is 0 Å². The molecule has 0 aromatic carbocycles. The van der Waals surface area contributed by atoms with E-state index in [4.69, 9.17) is 0 Å². The summed E-state index contributed by atoms with van der Waals surface area (Å²) in [6.45, 7) is -5.22. The number of carbonyl (C=O) groups excluding carboxylic acids is 6. The number of carboxylic acids is 6. The van der Waals surface area contributed by atoms with Gasteiger partial charge in [0.15, 0.2) is 0 Å². The molecule has 29 heteroatoms. The van der Waals surface area contributed by atoms with E-state index in [2.05, 4.69) is 0 Å². The van der Waals surface area contributed by atoms with Crippen LogP contribution >= 0.6 is 0 Å². The van der Waals surface area contributed by atoms with Crippen LogP contribution in [0.15, 0.2) is 0 Å². The van der Waals surface area contributed by atoms with Gasteiger partial charge >= 0.3 is 107 Å². The van der Waals surface area contributed by atoms with Crippen molar-refractivity contribution >= 4 is 35.8 Å². The third kappa shape index (κ3) is 59.0. The smallest absolute Gasteiger partial charge is 2.00 e. The first kappa shape index (κ1) is 91.5. The number of hydrogen-bond donors (Lipinski definition) is 0. The molecular weight excluding hydrogens is 763 g/mol. The number of carbonyl (C=O) groups is 6. The van der Waals surface area contributed by atoms with E-state index in [0.29, 0.717) is 0 Å². The summed E-state index contributed by atoms with van der Waals surface area (Å²) in [5.41, 5.74) is 0. The van der Waals surface area contributed by atoms with E-state index in [1.165, 1.54) is 9.80 Å². The number of hydrogen-bond acceptors (Lipinski definition) is 16. The van der Waals surface area contributed by atoms with Crippen LogP contribution in [0.25, 0.3) is 0 Å². The van der Waals surface area contributed by atoms with Crippen molar-refractivity contribution in [3.05, 3.63) is 0 Å². The molecule has 0 aliphatic carbocycles. The minimum atomic E-state index is -1.56. The molecule has 264 valence electrons. The van der Waals surface area contributed by atoms with Crippen LogP contribution in [0, 0.1) is 0 Å². The third-order valence-corrected chi connectivity index (χ3v) is 4.31. The maximum absolute atomic E-state index is 11.0. The fourth-order valence-corrected chi connectivity index (χ4v) is 2.91. The first-order valence-electron chi connectivity index (χ1n) is 9.87. The van der Waals surface area contributed by atoms with E-state index in [-0.39, 0.29) is 209 Å². The van der Waals surface area contributed by atoms with Gasteiger partial charge in [-0.3, -0.25) is 19.6 Å². The topological polar surface area (TPSA) is 500 Å². The van der Waals surface area contributed by atoms with Gasteiger partial charge in [0.05, 0.1) is 35.8 Å². The van der Waals surface area contributed by atoms with Gasteiger partial charge in [-0.1, -0.05) is 0 Å². The van der Waals surface area contributed by atoms with E-state index >= 15 is 0 Å². The average molecular weight is 799 g/mol. The minimum absolute atomic E-state index is 0. The van der Waals surface area contributed by atoms with E-state index in [9.17, 15) is 59.4 Å². The molecule has 0 spiro atoms. The Balaban J connectivity index is -0.0000000698. The summed E-state index contributed by atoms with van der Waals surface area (Å²) < 4.78 is 0. The summed E-state index contributed by atoms with van der Waals surface area (Å²) in [7, 11) is 0. The molecule has 0 rings (SSSR count). The standard InChI is InChI=1S/C18H30N4O12.3Na.6H2O.2O.2V/c23-13(24)7-19(3-5-21(9-15(27)28)10-16(29)30)1-2-20(8-14(25)26)4-6-22(11-17(31)32)12-18(33)34;;;;;;;;;;;;;/h1-12H2,(H,23,24)(H,25,26)(H,27,28)(H,29,30)(H,31,32)(H,33,34);;;;6*1H2;;;;/q;3*+1;;;;;;;2*-2;;+4/p-6. The Kier molecular flexibility index (Phi) is 104. The van der Waals surface area contributed by atoms with Crippen molar-refractivity contribution < 1.29 is 229 Å². The Morgan fingerprint density at radius 2 is 0.447 bits per heavy atom. The quantitative estimate of drug-likeness (QED) is 0.0973. The van der Waals surface area contributed by atoms with Gasteiger partial charge in [-0.05, 0) is 0 Å². The first-order chi connectivity index (χ1) is 15.8. The number of rotatable bonds is 21. The van der Waals surface area contributed by atoms with Crippen LogP contribution in [0.3, 0.4) is 0 Å². The summed E-state index contributed by atoms with van der Waals surface area (Å²) in [5.74, 6) is -9.27. The Morgan fingerprint density at radius 3 is 0.574 bits per heavy atom. The molecule has 0 aliphatic rings. The van der Waals surface area contributed by atoms with E-state index in [0.717, 1.165) is 9.80 Å². The molecule has 12 N–H and O–H groups in total. The maximum Gasteiger partial charge on any atom is 4.00 e. The van der Waals surface area contributed by atoms with Crippen LogP contribution in [0.1, 0.15) is 0 Å². The van der Waals surface area contributed by atoms with Crippen molar-refractivity contribution in [2.24, 2.45) is 0 Å². The molecule has 0 heterocycles. The third-order valence-electron chi connectivity index (χ3n) is 4.31. The Labute approximate surface area is 359 Å². The van der Waals surface area contributed by atoms with Crippen LogP contribution in [-0.2, 0) is 76.8 Å². The molecule has 0 fully saturated rings. The van der Waals surface area contributed by atoms with Gasteiger partial charge in [0, 0.05) is 97.1 Å². The molecule has 24 nitrogen and oxygen atoms in total. The Hall–Kier alpha value is 0.509. The van der Waals surface area contributed by atoms with Crippen molar-refractivity contribution in [2.45, 2.75) is 0 Å². The molecule has 47 heavy (non-hydrogen) atoms. The van der Waals surface area contributed by atoms with E-state index in [1.807, 2.05) is 0 Å². The normalized spacial score (nSPS) is 8.17. The van der Waals surface area contributed by atoms with Gasteiger partial charge in [-0.2, -0.15) is 0 Å². The molecular formula is C18H36N4Na3O20V2-3. The van der Waals surface area contributed by atoms with Crippen LogP contribution in [0.2, 0.25) is 0 Å². The van der Waals surface area contributed by atoms with Crippen molar-refractivity contribution in [2.75, 3.05) is 78.5 Å². The van der Waals surface area contributed by atoms with Crippen molar-refractivity contribution in [3.63, 3.8) is 0 Å². The second-order valence-corrected chi connectivity index (χ2v) is 7.21. The molecule has 0 saturated heterocycles. The predicted molar refractivity (Wildman–Crippen MR) is 119 cm³/mol. The largest absolute Gasteiger partial charge is 4.00 e. The SMILES string of the molecule is O.O.O.O.O.O.O=C([O-])CN(CCN(CCN(CC(=O)[O-])CC(=O)[O-])CC(=O)[O-])CCN(CC(=O)[O-])CC(=O)[O-].[Na+].[Na+].[Na+].[O-2].[O-2].[V+4].[V]. The van der Waals surface area contributed by atoms with Gasteiger partial charge in [-0.15, -0.1) is 0 Å². The summed E-state index contributed by atoms with van der Waals surface area (Å²) in [5, 5.41) is 65.1. The van der Waals surface area contributed by atoms with Gasteiger partial charge in [0.2, 0.25) is 0 Å². The molecule has 0 amide bonds. The molecule has 0 aromatic rings. The molecule has 0 aliphatic heterocycles. The number of nitrogens with zero attached hydrogens (tertiary/aromatic N) is 4. The monoisotopic (exact) mass is 799 g/mol. The minimum Gasteiger partial charge on any atom is -2.00 e. The van der Waals surface area contributed by atoms with Crippen LogP contribution in [0.5, 0.6) is 0 Å². The summed E-state index contributed by atoms with van der Waals surface area (Å²) in [6, 6.07) is 0. The van der Waals surface area contributed by atoms with Gasteiger partial charge in [0.1, 0.15) is 0 Å². The van der Waals surface area contributed by atoms with Gasteiger partial charge in [0.25, 0.3) is 0 Å². The van der Waals surface area contributed by atoms with Gasteiger partial charge in [-0.25, -0.2) is 0 Å². The van der Waals surface area contributed by atoms with Crippen LogP contribution < -0.4 is 119 Å². The second kappa shape index (κ2) is 53.3. The summed E-state index contributed by atoms with van der Waals surface area (Å²) >= 11 is 0. The number of carboxylic acid groups (broad SMARTS) is 6. The second-order valence-electron chi connectivity index (χ2n) is 7.21. The van der Waals surface area contributed by atoms with E-state index in [1.54, 1.807) is 0 Å². The number of aliphatic carboxylic acids is 6. The maximum atomic E-state index is 11.0. The van der Waals surface area contributed by atoms with Crippen molar-refractivity contribution in [3.8, 4) is 0 Å². The Morgan fingerprint density at radius 1 is 0.340 bits per heavy atom. The molecule has 2 radical (unpaired) electrons. The Bertz CT molecular complexity index is 678. The molecule has 0 unspecified atom stereocenters. The molecule has 0 saturated carbocycles. The fraction of sp³-hybridized carbons (Fsp3) is 0.667. The summed E-state index contributed by atoms with van der Waals surface area (Å²) in [4.78, 5) is 69.4. The zero-order valence-electron chi connectivity index (χ0n) is 25.9. The van der Waals surface area contributed by atoms with Crippen molar-refractivity contribution in [1.82, 2.24) is 19.6 Å². The van der Waals surface area contributed by atoms with E-state index < -0.39 is 75.1 Å². The average Bonchev–Trinajstić information content (AvgIpc) is 2.64.